The number of fused-ring (bicyclic) bond motifs is 1. The number of carbonyl (C=O) groups is 2. The molecule has 1 atom stereocenters. The van der Waals surface area contributed by atoms with Crippen LogP contribution in [0.4, 0.5) is 5.69 Å². The lowest BCUT2D eigenvalue weighted by atomic mass is 10.2. The van der Waals surface area contributed by atoms with Crippen LogP contribution in [0.25, 0.3) is 0 Å². The SMILES string of the molecule is CN(Cc1csc(Br)c1)C(=O)C[C@@H]1Sc2ccc(Cl)cc2NC1=O. The second-order valence-electron chi connectivity index (χ2n) is 5.45. The Hall–Kier alpha value is -1.02. The highest BCUT2D eigenvalue weighted by atomic mass is 79.9. The van der Waals surface area contributed by atoms with Crippen LogP contribution in [0.15, 0.2) is 38.3 Å². The van der Waals surface area contributed by atoms with E-state index in [-0.39, 0.29) is 18.2 Å². The van der Waals surface area contributed by atoms with E-state index in [0.29, 0.717) is 17.3 Å². The monoisotopic (exact) mass is 444 g/mol. The van der Waals surface area contributed by atoms with Gasteiger partial charge in [0.05, 0.1) is 14.7 Å². The van der Waals surface area contributed by atoms with Gasteiger partial charge in [0, 0.05) is 29.9 Å². The maximum Gasteiger partial charge on any atom is 0.238 e. The predicted octanol–water partition coefficient (Wildman–Crippen LogP) is 4.63. The molecule has 0 saturated heterocycles. The number of thioether (sulfide) groups is 1. The number of hydrogen-bond donors (Lipinski definition) is 1. The van der Waals surface area contributed by atoms with E-state index in [1.165, 1.54) is 11.8 Å². The number of carbonyl (C=O) groups excluding carboxylic acids is 2. The van der Waals surface area contributed by atoms with Crippen molar-refractivity contribution in [3.63, 3.8) is 0 Å². The summed E-state index contributed by atoms with van der Waals surface area (Å²) in [5, 5.41) is 4.99. The predicted molar refractivity (Wildman–Crippen MR) is 103 cm³/mol. The largest absolute Gasteiger partial charge is 0.341 e. The molecule has 24 heavy (non-hydrogen) atoms. The molecule has 1 aromatic carbocycles. The molecule has 1 aromatic heterocycles. The number of anilines is 1. The van der Waals surface area contributed by atoms with Crippen molar-refractivity contribution in [2.24, 2.45) is 0 Å². The summed E-state index contributed by atoms with van der Waals surface area (Å²) in [6.07, 6.45) is 0.167. The van der Waals surface area contributed by atoms with E-state index in [1.807, 2.05) is 17.5 Å². The highest BCUT2D eigenvalue weighted by molar-refractivity contribution is 9.11. The van der Waals surface area contributed by atoms with Crippen LogP contribution in [0.2, 0.25) is 5.02 Å². The zero-order valence-corrected chi connectivity index (χ0v) is 16.7. The molecule has 1 aliphatic rings. The number of nitrogens with zero attached hydrogens (tertiary/aromatic N) is 1. The van der Waals surface area contributed by atoms with Crippen molar-refractivity contribution in [2.75, 3.05) is 12.4 Å². The lowest BCUT2D eigenvalue weighted by Crippen LogP contribution is -2.35. The van der Waals surface area contributed by atoms with Crippen molar-refractivity contribution < 1.29 is 9.59 Å². The summed E-state index contributed by atoms with van der Waals surface area (Å²) in [7, 11) is 1.76. The topological polar surface area (TPSA) is 49.4 Å². The third-order valence-corrected chi connectivity index (χ3v) is 6.65. The molecular weight excluding hydrogens is 432 g/mol. The molecule has 3 rings (SSSR count). The lowest BCUT2D eigenvalue weighted by Gasteiger charge is -2.25. The van der Waals surface area contributed by atoms with Gasteiger partial charge in [0.1, 0.15) is 0 Å². The first kappa shape index (κ1) is 17.8. The maximum atomic E-state index is 12.4. The van der Waals surface area contributed by atoms with Crippen molar-refractivity contribution in [3.8, 4) is 0 Å². The Kier molecular flexibility index (Phi) is 5.54. The molecule has 2 heterocycles. The van der Waals surface area contributed by atoms with Gasteiger partial charge >= 0.3 is 0 Å². The number of hydrogen-bond acceptors (Lipinski definition) is 4. The Morgan fingerprint density at radius 1 is 1.42 bits per heavy atom. The zero-order chi connectivity index (χ0) is 17.3. The molecule has 0 bridgehead atoms. The first-order chi connectivity index (χ1) is 11.4. The summed E-state index contributed by atoms with van der Waals surface area (Å²) in [6, 6.07) is 7.37. The minimum Gasteiger partial charge on any atom is -0.341 e. The smallest absolute Gasteiger partial charge is 0.238 e. The van der Waals surface area contributed by atoms with E-state index in [4.69, 9.17) is 11.6 Å². The van der Waals surface area contributed by atoms with Crippen molar-refractivity contribution in [1.82, 2.24) is 4.90 Å². The van der Waals surface area contributed by atoms with E-state index in [2.05, 4.69) is 21.2 Å². The van der Waals surface area contributed by atoms with Gasteiger partial charge in [-0.1, -0.05) is 11.6 Å². The molecule has 8 heteroatoms. The van der Waals surface area contributed by atoms with Gasteiger partial charge in [0.25, 0.3) is 0 Å². The Morgan fingerprint density at radius 2 is 2.21 bits per heavy atom. The van der Waals surface area contributed by atoms with Gasteiger partial charge in [-0.25, -0.2) is 0 Å². The standard InChI is InChI=1S/C16H14BrClN2O2S2/c1-20(7-9-4-14(17)23-8-9)15(21)6-13-16(22)19-11-5-10(18)2-3-12(11)24-13/h2-5,8,13H,6-7H2,1H3,(H,19,22)/t13-/m0/s1. The van der Waals surface area contributed by atoms with Gasteiger partial charge in [0.2, 0.25) is 11.8 Å². The average molecular weight is 446 g/mol. The van der Waals surface area contributed by atoms with Crippen LogP contribution >= 0.6 is 50.6 Å². The lowest BCUT2D eigenvalue weighted by molar-refractivity contribution is -0.131. The highest BCUT2D eigenvalue weighted by Gasteiger charge is 2.30. The van der Waals surface area contributed by atoms with Crippen LogP contribution in [0.5, 0.6) is 0 Å². The van der Waals surface area contributed by atoms with Crippen LogP contribution in [-0.2, 0) is 16.1 Å². The molecule has 0 spiro atoms. The molecule has 1 N–H and O–H groups in total. The second kappa shape index (κ2) is 7.47. The molecule has 2 aromatic rings. The number of amides is 2. The molecule has 0 aliphatic carbocycles. The van der Waals surface area contributed by atoms with Crippen molar-refractivity contribution >= 4 is 68.1 Å². The van der Waals surface area contributed by atoms with Crippen molar-refractivity contribution in [2.45, 2.75) is 23.1 Å². The number of thiophene rings is 1. The minimum atomic E-state index is -0.428. The first-order valence-electron chi connectivity index (χ1n) is 7.16. The van der Waals surface area contributed by atoms with Crippen LogP contribution in [0.3, 0.4) is 0 Å². The fourth-order valence-corrected chi connectivity index (χ4v) is 4.82. The van der Waals surface area contributed by atoms with Crippen molar-refractivity contribution in [3.05, 3.63) is 44.0 Å². The summed E-state index contributed by atoms with van der Waals surface area (Å²) in [5.74, 6) is -0.211. The number of rotatable bonds is 4. The molecule has 0 radical (unpaired) electrons. The van der Waals surface area contributed by atoms with Gasteiger partial charge in [-0.15, -0.1) is 23.1 Å². The molecular formula is C16H14BrClN2O2S2. The van der Waals surface area contributed by atoms with Gasteiger partial charge in [-0.05, 0) is 51.1 Å². The van der Waals surface area contributed by atoms with Gasteiger partial charge in [0.15, 0.2) is 0 Å². The third-order valence-electron chi connectivity index (χ3n) is 3.59. The highest BCUT2D eigenvalue weighted by Crippen LogP contribution is 2.38. The Balaban J connectivity index is 1.63. The summed E-state index contributed by atoms with van der Waals surface area (Å²) in [5.41, 5.74) is 1.78. The molecule has 1 aliphatic heterocycles. The Bertz CT molecular complexity index is 796. The molecule has 0 saturated carbocycles. The van der Waals surface area contributed by atoms with Crippen LogP contribution in [-0.4, -0.2) is 29.0 Å². The van der Waals surface area contributed by atoms with E-state index < -0.39 is 5.25 Å². The van der Waals surface area contributed by atoms with Crippen LogP contribution < -0.4 is 5.32 Å². The summed E-state index contributed by atoms with van der Waals surface area (Å²) < 4.78 is 1.04. The number of benzene rings is 1. The summed E-state index contributed by atoms with van der Waals surface area (Å²) >= 11 is 12.4. The minimum absolute atomic E-state index is 0.0533. The molecule has 4 nitrogen and oxygen atoms in total. The van der Waals surface area contributed by atoms with E-state index in [1.54, 1.807) is 35.4 Å². The summed E-state index contributed by atoms with van der Waals surface area (Å²) in [6.45, 7) is 0.534. The molecule has 0 unspecified atom stereocenters. The first-order valence-corrected chi connectivity index (χ1v) is 10.1. The third kappa shape index (κ3) is 4.14. The summed E-state index contributed by atoms with van der Waals surface area (Å²) in [4.78, 5) is 27.3. The zero-order valence-electron chi connectivity index (χ0n) is 12.7. The maximum absolute atomic E-state index is 12.4. The fourth-order valence-electron chi connectivity index (χ4n) is 2.36. The molecule has 2 amide bonds. The Morgan fingerprint density at radius 3 is 2.92 bits per heavy atom. The fraction of sp³-hybridized carbons (Fsp3) is 0.250. The number of nitrogens with one attached hydrogen (secondary N) is 1. The van der Waals surface area contributed by atoms with Crippen LogP contribution in [0, 0.1) is 0 Å². The van der Waals surface area contributed by atoms with E-state index in [0.717, 1.165) is 14.2 Å². The van der Waals surface area contributed by atoms with E-state index >= 15 is 0 Å². The number of halogens is 2. The van der Waals surface area contributed by atoms with Gasteiger partial charge < -0.3 is 10.2 Å². The molecule has 126 valence electrons. The second-order valence-corrected chi connectivity index (χ2v) is 9.42. The normalized spacial score (nSPS) is 16.5. The quantitative estimate of drug-likeness (QED) is 0.747. The van der Waals surface area contributed by atoms with Crippen molar-refractivity contribution in [1.29, 1.82) is 0 Å². The Labute approximate surface area is 161 Å². The van der Waals surface area contributed by atoms with Gasteiger partial charge in [-0.2, -0.15) is 0 Å². The average Bonchev–Trinajstić information content (AvgIpc) is 2.93. The van der Waals surface area contributed by atoms with Crippen LogP contribution in [0.1, 0.15) is 12.0 Å². The molecule has 0 fully saturated rings. The van der Waals surface area contributed by atoms with Gasteiger partial charge in [-0.3, -0.25) is 9.59 Å². The van der Waals surface area contributed by atoms with E-state index in [9.17, 15) is 9.59 Å².